The van der Waals surface area contributed by atoms with Gasteiger partial charge in [-0.25, -0.2) is 0 Å². The third-order valence-corrected chi connectivity index (χ3v) is 4.66. The summed E-state index contributed by atoms with van der Waals surface area (Å²) in [4.78, 5) is 0. The molecule has 9 nitrogen and oxygen atoms in total. The van der Waals surface area contributed by atoms with E-state index in [0.29, 0.717) is 0 Å². The zero-order valence-corrected chi connectivity index (χ0v) is 12.2. The summed E-state index contributed by atoms with van der Waals surface area (Å²) in [5.41, 5.74) is 0. The van der Waals surface area contributed by atoms with Crippen molar-refractivity contribution in [1.29, 1.82) is 0 Å². The molecule has 1 unspecified atom stereocenters. The van der Waals surface area contributed by atoms with Crippen LogP contribution >= 0.6 is 0 Å². The van der Waals surface area contributed by atoms with Gasteiger partial charge in [-0.3, -0.25) is 0 Å². The van der Waals surface area contributed by atoms with E-state index in [0.717, 1.165) is 0 Å². The molecule has 10 atom stereocenters. The van der Waals surface area contributed by atoms with Gasteiger partial charge in [-0.2, -0.15) is 0 Å². The van der Waals surface area contributed by atoms with Crippen molar-refractivity contribution in [2.75, 3.05) is 6.61 Å². The fourth-order valence-electron chi connectivity index (χ4n) is 3.20. The first-order chi connectivity index (χ1) is 10.3. The number of nitrogens with one attached hydrogen (secondary N) is 1. The number of hydrogen-bond donors (Lipinski definition) is 8. The fourth-order valence-corrected chi connectivity index (χ4v) is 3.20. The van der Waals surface area contributed by atoms with Gasteiger partial charge < -0.3 is 45.8 Å². The van der Waals surface area contributed by atoms with E-state index in [4.69, 9.17) is 4.74 Å². The first-order valence-corrected chi connectivity index (χ1v) is 7.38. The van der Waals surface area contributed by atoms with Crippen LogP contribution in [0, 0.1) is 5.92 Å². The minimum atomic E-state index is -1.50. The average molecular weight is 323 g/mol. The smallest absolute Gasteiger partial charge is 0.183 e. The van der Waals surface area contributed by atoms with Gasteiger partial charge in [-0.1, -0.05) is 0 Å². The second-order valence-corrected chi connectivity index (χ2v) is 6.16. The van der Waals surface area contributed by atoms with Gasteiger partial charge in [0, 0.05) is 18.6 Å². The van der Waals surface area contributed by atoms with E-state index in [2.05, 4.69) is 5.32 Å². The third-order valence-electron chi connectivity index (χ3n) is 4.66. The highest BCUT2D eigenvalue weighted by Gasteiger charge is 2.47. The molecule has 1 saturated heterocycles. The van der Waals surface area contributed by atoms with Crippen molar-refractivity contribution in [3.8, 4) is 0 Å². The predicted octanol–water partition coefficient (Wildman–Crippen LogP) is -4.13. The van der Waals surface area contributed by atoms with Crippen molar-refractivity contribution in [2.45, 2.75) is 68.3 Å². The Bertz CT molecular complexity index is 370. The molecule has 22 heavy (non-hydrogen) atoms. The lowest BCUT2D eigenvalue weighted by Gasteiger charge is -2.45. The standard InChI is InChI=1S/C13H25NO8/c1-4-7(10(18)12(20)13(21)22-4)14-6-2-5(3-15)8(16)11(19)9(6)17/h4-21H,2-3H2,1H3/t4-,5?,6+,7+,8-,9+,10+,11+,12-,13+/m1/s1. The summed E-state index contributed by atoms with van der Waals surface area (Å²) in [6, 6.07) is -1.51. The Labute approximate surface area is 127 Å². The summed E-state index contributed by atoms with van der Waals surface area (Å²) in [7, 11) is 0. The zero-order chi connectivity index (χ0) is 16.6. The SMILES string of the molecule is C[C@H]1O[C@H](O)[C@H](O)[C@@H](O)[C@H]1N[C@H]1CC(CO)[C@@H](O)[C@H](O)[C@H]1O. The van der Waals surface area contributed by atoms with Crippen LogP contribution in [0.1, 0.15) is 13.3 Å². The van der Waals surface area contributed by atoms with E-state index >= 15 is 0 Å². The summed E-state index contributed by atoms with van der Waals surface area (Å²) in [6.45, 7) is 1.23. The summed E-state index contributed by atoms with van der Waals surface area (Å²) >= 11 is 0. The molecule has 0 radical (unpaired) electrons. The molecule has 130 valence electrons. The number of ether oxygens (including phenoxy) is 1. The second-order valence-electron chi connectivity index (χ2n) is 6.16. The maximum atomic E-state index is 10.1. The molecule has 0 bridgehead atoms. The number of hydrogen-bond acceptors (Lipinski definition) is 9. The Morgan fingerprint density at radius 3 is 2.14 bits per heavy atom. The first-order valence-electron chi connectivity index (χ1n) is 7.38. The highest BCUT2D eigenvalue weighted by atomic mass is 16.6. The number of rotatable bonds is 3. The molecule has 2 aliphatic rings. The van der Waals surface area contributed by atoms with Crippen LogP contribution in [0.15, 0.2) is 0 Å². The van der Waals surface area contributed by atoms with Crippen LogP contribution < -0.4 is 5.32 Å². The summed E-state index contributed by atoms with van der Waals surface area (Å²) in [5.74, 6) is -0.622. The van der Waals surface area contributed by atoms with Crippen LogP contribution in [0.2, 0.25) is 0 Å². The van der Waals surface area contributed by atoms with Crippen LogP contribution in [0.25, 0.3) is 0 Å². The molecule has 8 N–H and O–H groups in total. The lowest BCUT2D eigenvalue weighted by atomic mass is 9.79. The van der Waals surface area contributed by atoms with Gasteiger partial charge in [-0.05, 0) is 13.3 Å². The lowest BCUT2D eigenvalue weighted by Crippen LogP contribution is -2.67. The van der Waals surface area contributed by atoms with Crippen LogP contribution in [0.5, 0.6) is 0 Å². The van der Waals surface area contributed by atoms with Crippen LogP contribution in [-0.2, 0) is 4.74 Å². The highest BCUT2D eigenvalue weighted by Crippen LogP contribution is 2.28. The minimum Gasteiger partial charge on any atom is -0.396 e. The molecular weight excluding hydrogens is 298 g/mol. The molecule has 1 aliphatic heterocycles. The maximum Gasteiger partial charge on any atom is 0.183 e. The fraction of sp³-hybridized carbons (Fsp3) is 1.00. The van der Waals surface area contributed by atoms with Crippen molar-refractivity contribution in [1.82, 2.24) is 5.32 Å². The quantitative estimate of drug-likeness (QED) is 0.258. The highest BCUT2D eigenvalue weighted by molar-refractivity contribution is 5.00. The van der Waals surface area contributed by atoms with Crippen molar-refractivity contribution < 1.29 is 40.5 Å². The topological polar surface area (TPSA) is 163 Å². The van der Waals surface area contributed by atoms with Gasteiger partial charge in [0.15, 0.2) is 6.29 Å². The van der Waals surface area contributed by atoms with E-state index in [-0.39, 0.29) is 13.0 Å². The Hall–Kier alpha value is -0.360. The zero-order valence-electron chi connectivity index (χ0n) is 12.2. The van der Waals surface area contributed by atoms with Crippen LogP contribution in [0.3, 0.4) is 0 Å². The largest absolute Gasteiger partial charge is 0.396 e. The molecule has 0 aromatic rings. The van der Waals surface area contributed by atoms with E-state index in [9.17, 15) is 35.7 Å². The van der Waals surface area contributed by atoms with Gasteiger partial charge in [0.1, 0.15) is 18.3 Å². The number of aliphatic hydroxyl groups excluding tert-OH is 7. The molecule has 1 aliphatic carbocycles. The molecule has 0 aromatic heterocycles. The first kappa shape index (κ1) is 18.0. The van der Waals surface area contributed by atoms with Crippen LogP contribution in [-0.4, -0.2) is 97.4 Å². The second kappa shape index (κ2) is 7.04. The molecular formula is C13H25NO8. The molecule has 2 rings (SSSR count). The molecule has 1 saturated carbocycles. The molecule has 0 amide bonds. The van der Waals surface area contributed by atoms with Crippen molar-refractivity contribution in [3.05, 3.63) is 0 Å². The summed E-state index contributed by atoms with van der Waals surface area (Å²) in [5, 5.41) is 70.9. The normalized spacial score (nSPS) is 53.5. The van der Waals surface area contributed by atoms with E-state index in [1.807, 2.05) is 0 Å². The Kier molecular flexibility index (Phi) is 5.75. The molecule has 1 heterocycles. The van der Waals surface area contributed by atoms with E-state index in [1.54, 1.807) is 6.92 Å². The Balaban J connectivity index is 2.08. The molecule has 0 aromatic carbocycles. The lowest BCUT2D eigenvalue weighted by molar-refractivity contribution is -0.256. The Morgan fingerprint density at radius 1 is 0.909 bits per heavy atom. The molecule has 0 spiro atoms. The van der Waals surface area contributed by atoms with E-state index in [1.165, 1.54) is 0 Å². The van der Waals surface area contributed by atoms with Crippen molar-refractivity contribution in [2.24, 2.45) is 5.92 Å². The monoisotopic (exact) mass is 323 g/mol. The van der Waals surface area contributed by atoms with Crippen molar-refractivity contribution in [3.63, 3.8) is 0 Å². The minimum absolute atomic E-state index is 0.171. The maximum absolute atomic E-state index is 10.1. The molecule has 2 fully saturated rings. The average Bonchev–Trinajstić information content (AvgIpc) is 2.49. The third kappa shape index (κ3) is 3.28. The van der Waals surface area contributed by atoms with Gasteiger partial charge in [-0.15, -0.1) is 0 Å². The summed E-state index contributed by atoms with van der Waals surface area (Å²) < 4.78 is 5.10. The van der Waals surface area contributed by atoms with Gasteiger partial charge in [0.25, 0.3) is 0 Å². The van der Waals surface area contributed by atoms with E-state index < -0.39 is 60.9 Å². The predicted molar refractivity (Wildman–Crippen MR) is 72.5 cm³/mol. The van der Waals surface area contributed by atoms with Gasteiger partial charge >= 0.3 is 0 Å². The van der Waals surface area contributed by atoms with Gasteiger partial charge in [0.2, 0.25) is 0 Å². The van der Waals surface area contributed by atoms with Gasteiger partial charge in [0.05, 0.1) is 24.4 Å². The van der Waals surface area contributed by atoms with Crippen molar-refractivity contribution >= 4 is 0 Å². The van der Waals surface area contributed by atoms with Crippen LogP contribution in [0.4, 0.5) is 0 Å². The number of aliphatic hydroxyl groups is 7. The summed E-state index contributed by atoms with van der Waals surface area (Å²) in [6.07, 6.45) is -8.80. The molecule has 9 heteroatoms. The Morgan fingerprint density at radius 2 is 1.55 bits per heavy atom.